The van der Waals surface area contributed by atoms with Crippen molar-refractivity contribution in [2.45, 2.75) is 62.9 Å². The fourth-order valence-electron chi connectivity index (χ4n) is 3.75. The summed E-state index contributed by atoms with van der Waals surface area (Å²) in [4.78, 5) is 23.0. The Bertz CT molecular complexity index is 500. The van der Waals surface area contributed by atoms with Gasteiger partial charge in [-0.1, -0.05) is 19.3 Å². The van der Waals surface area contributed by atoms with E-state index in [-0.39, 0.29) is 18.2 Å². The molecule has 1 aromatic rings. The van der Waals surface area contributed by atoms with Crippen LogP contribution in [0.25, 0.3) is 0 Å². The van der Waals surface area contributed by atoms with Crippen LogP contribution < -0.4 is 0 Å². The second kappa shape index (κ2) is 6.73. The Morgan fingerprint density at radius 3 is 2.82 bits per heavy atom. The van der Waals surface area contributed by atoms with Crippen LogP contribution in [0.3, 0.4) is 0 Å². The lowest BCUT2D eigenvalue weighted by Crippen LogP contribution is -2.44. The molecule has 22 heavy (non-hydrogen) atoms. The molecule has 1 unspecified atom stereocenters. The molecule has 1 atom stereocenters. The lowest BCUT2D eigenvalue weighted by molar-refractivity contribution is -0.139. The predicted octanol–water partition coefficient (Wildman–Crippen LogP) is 2.27. The Balaban J connectivity index is 1.60. The fourth-order valence-corrected chi connectivity index (χ4v) is 3.75. The highest BCUT2D eigenvalue weighted by molar-refractivity contribution is 5.77. The number of amides is 1. The van der Waals surface area contributed by atoms with Crippen molar-refractivity contribution in [2.75, 3.05) is 13.1 Å². The van der Waals surface area contributed by atoms with Gasteiger partial charge in [0.1, 0.15) is 0 Å². The van der Waals surface area contributed by atoms with Crippen molar-refractivity contribution in [1.82, 2.24) is 14.9 Å². The maximum absolute atomic E-state index is 12.6. The summed E-state index contributed by atoms with van der Waals surface area (Å²) in [5, 5.41) is 10.6. The zero-order valence-corrected chi connectivity index (χ0v) is 13.1. The quantitative estimate of drug-likeness (QED) is 0.930. The van der Waals surface area contributed by atoms with E-state index in [4.69, 9.17) is 0 Å². The molecular weight excluding hydrogens is 278 g/mol. The van der Waals surface area contributed by atoms with E-state index in [0.29, 0.717) is 6.54 Å². The van der Waals surface area contributed by atoms with E-state index in [1.807, 2.05) is 4.90 Å². The molecule has 0 aromatic carbocycles. The Labute approximate surface area is 131 Å². The SMILES string of the molecule is O=C(CC1(O)CCCCC1)N1CCCC(c2cnccn2)C1. The van der Waals surface area contributed by atoms with Crippen molar-refractivity contribution in [2.24, 2.45) is 0 Å². The molecule has 1 aliphatic heterocycles. The third-order valence-electron chi connectivity index (χ3n) is 5.04. The Morgan fingerprint density at radius 1 is 1.27 bits per heavy atom. The van der Waals surface area contributed by atoms with E-state index in [2.05, 4.69) is 9.97 Å². The summed E-state index contributed by atoms with van der Waals surface area (Å²) >= 11 is 0. The van der Waals surface area contributed by atoms with E-state index in [1.165, 1.54) is 6.42 Å². The molecule has 5 heteroatoms. The molecule has 1 N–H and O–H groups in total. The average molecular weight is 303 g/mol. The molecule has 1 aliphatic carbocycles. The number of rotatable bonds is 3. The lowest BCUT2D eigenvalue weighted by Gasteiger charge is -2.36. The molecule has 1 amide bonds. The van der Waals surface area contributed by atoms with Gasteiger partial charge >= 0.3 is 0 Å². The number of carbonyl (C=O) groups is 1. The number of hydrogen-bond donors (Lipinski definition) is 1. The van der Waals surface area contributed by atoms with Gasteiger partial charge in [-0.05, 0) is 25.7 Å². The number of aromatic nitrogens is 2. The van der Waals surface area contributed by atoms with Crippen molar-refractivity contribution in [3.8, 4) is 0 Å². The Morgan fingerprint density at radius 2 is 2.09 bits per heavy atom. The Hall–Kier alpha value is -1.49. The minimum atomic E-state index is -0.769. The molecule has 2 fully saturated rings. The third-order valence-corrected chi connectivity index (χ3v) is 5.04. The Kier molecular flexibility index (Phi) is 4.71. The van der Waals surface area contributed by atoms with Crippen LogP contribution in [0.1, 0.15) is 63.0 Å². The van der Waals surface area contributed by atoms with Crippen LogP contribution in [-0.2, 0) is 4.79 Å². The smallest absolute Gasteiger partial charge is 0.225 e. The molecule has 5 nitrogen and oxygen atoms in total. The summed E-state index contributed by atoms with van der Waals surface area (Å²) in [5.41, 5.74) is 0.200. The molecule has 1 saturated carbocycles. The van der Waals surface area contributed by atoms with Crippen molar-refractivity contribution in [3.05, 3.63) is 24.3 Å². The summed E-state index contributed by atoms with van der Waals surface area (Å²) in [5.74, 6) is 0.366. The summed E-state index contributed by atoms with van der Waals surface area (Å²) in [6.45, 7) is 1.50. The van der Waals surface area contributed by atoms with Gasteiger partial charge in [0, 0.05) is 37.6 Å². The highest BCUT2D eigenvalue weighted by Gasteiger charge is 2.34. The average Bonchev–Trinajstić information content (AvgIpc) is 2.56. The minimum Gasteiger partial charge on any atom is -0.389 e. The summed E-state index contributed by atoms with van der Waals surface area (Å²) in [6, 6.07) is 0. The maximum Gasteiger partial charge on any atom is 0.225 e. The normalized spacial score (nSPS) is 25.0. The third kappa shape index (κ3) is 3.64. The molecule has 2 heterocycles. The van der Waals surface area contributed by atoms with Crippen molar-refractivity contribution < 1.29 is 9.90 Å². The highest BCUT2D eigenvalue weighted by atomic mass is 16.3. The topological polar surface area (TPSA) is 66.3 Å². The maximum atomic E-state index is 12.6. The molecule has 0 bridgehead atoms. The monoisotopic (exact) mass is 303 g/mol. The van der Waals surface area contributed by atoms with Crippen LogP contribution in [0.15, 0.2) is 18.6 Å². The summed E-state index contributed by atoms with van der Waals surface area (Å²) in [7, 11) is 0. The number of likely N-dealkylation sites (tertiary alicyclic amines) is 1. The second-order valence-electron chi connectivity index (χ2n) is 6.77. The number of carbonyl (C=O) groups excluding carboxylic acids is 1. The van der Waals surface area contributed by atoms with Gasteiger partial charge in [-0.25, -0.2) is 0 Å². The first-order valence-electron chi connectivity index (χ1n) is 8.42. The van der Waals surface area contributed by atoms with Crippen LogP contribution in [0.2, 0.25) is 0 Å². The van der Waals surface area contributed by atoms with Gasteiger partial charge in [-0.2, -0.15) is 0 Å². The van der Waals surface area contributed by atoms with Gasteiger partial charge in [-0.3, -0.25) is 14.8 Å². The van der Waals surface area contributed by atoms with Crippen molar-refractivity contribution in [1.29, 1.82) is 0 Å². The molecule has 1 aromatic heterocycles. The summed E-state index contributed by atoms with van der Waals surface area (Å²) in [6.07, 6.45) is 12.3. The summed E-state index contributed by atoms with van der Waals surface area (Å²) < 4.78 is 0. The second-order valence-corrected chi connectivity index (χ2v) is 6.77. The van der Waals surface area contributed by atoms with Gasteiger partial charge in [0.2, 0.25) is 5.91 Å². The van der Waals surface area contributed by atoms with Gasteiger partial charge < -0.3 is 10.0 Å². The molecule has 120 valence electrons. The number of aliphatic hydroxyl groups is 1. The highest BCUT2D eigenvalue weighted by Crippen LogP contribution is 2.32. The van der Waals surface area contributed by atoms with Gasteiger partial charge in [0.25, 0.3) is 0 Å². The van der Waals surface area contributed by atoms with Crippen LogP contribution >= 0.6 is 0 Å². The van der Waals surface area contributed by atoms with E-state index >= 15 is 0 Å². The van der Waals surface area contributed by atoms with E-state index in [1.54, 1.807) is 18.6 Å². The molecule has 3 rings (SSSR count). The first-order valence-corrected chi connectivity index (χ1v) is 8.42. The van der Waals surface area contributed by atoms with E-state index in [9.17, 15) is 9.90 Å². The standard InChI is InChI=1S/C17H25N3O2/c21-16(11-17(22)6-2-1-3-7-17)20-10-4-5-14(13-20)15-12-18-8-9-19-15/h8-9,12,14,22H,1-7,10-11,13H2. The van der Waals surface area contributed by atoms with Crippen molar-refractivity contribution >= 4 is 5.91 Å². The number of piperidine rings is 1. The first kappa shape index (κ1) is 15.4. The zero-order chi connectivity index (χ0) is 15.4. The van der Waals surface area contributed by atoms with Gasteiger partial charge in [-0.15, -0.1) is 0 Å². The van der Waals surface area contributed by atoms with Crippen LogP contribution in [0.5, 0.6) is 0 Å². The number of nitrogens with zero attached hydrogens (tertiary/aromatic N) is 3. The van der Waals surface area contributed by atoms with Crippen LogP contribution in [0.4, 0.5) is 0 Å². The largest absolute Gasteiger partial charge is 0.389 e. The van der Waals surface area contributed by atoms with Gasteiger partial charge in [0.15, 0.2) is 0 Å². The molecular formula is C17H25N3O2. The van der Waals surface area contributed by atoms with Crippen LogP contribution in [-0.4, -0.2) is 44.6 Å². The van der Waals surface area contributed by atoms with Gasteiger partial charge in [0.05, 0.1) is 17.7 Å². The fraction of sp³-hybridized carbons (Fsp3) is 0.706. The number of hydrogen-bond acceptors (Lipinski definition) is 4. The predicted molar refractivity (Wildman–Crippen MR) is 83.2 cm³/mol. The van der Waals surface area contributed by atoms with Crippen LogP contribution in [0, 0.1) is 0 Å². The minimum absolute atomic E-state index is 0.0954. The molecule has 2 aliphatic rings. The molecule has 1 saturated heterocycles. The molecule has 0 spiro atoms. The lowest BCUT2D eigenvalue weighted by atomic mass is 9.82. The van der Waals surface area contributed by atoms with E-state index in [0.717, 1.165) is 50.8 Å². The molecule has 0 radical (unpaired) electrons. The van der Waals surface area contributed by atoms with Crippen molar-refractivity contribution in [3.63, 3.8) is 0 Å². The first-order chi connectivity index (χ1) is 10.7. The zero-order valence-electron chi connectivity index (χ0n) is 13.1. The van der Waals surface area contributed by atoms with E-state index < -0.39 is 5.60 Å².